The molecule has 41 heavy (non-hydrogen) atoms. The first-order valence-corrected chi connectivity index (χ1v) is 14.6. The van der Waals surface area contributed by atoms with E-state index in [1.54, 1.807) is 44.2 Å². The van der Waals surface area contributed by atoms with Gasteiger partial charge < -0.3 is 10.2 Å². The number of sulfonamides is 1. The Morgan fingerprint density at radius 2 is 1.59 bits per heavy atom. The van der Waals surface area contributed by atoms with Crippen molar-refractivity contribution in [3.8, 4) is 0 Å². The van der Waals surface area contributed by atoms with Crippen molar-refractivity contribution in [2.24, 2.45) is 0 Å². The van der Waals surface area contributed by atoms with Gasteiger partial charge in [-0.3, -0.25) is 13.9 Å². The molecule has 220 valence electrons. The Bertz CT molecular complexity index is 1500. The van der Waals surface area contributed by atoms with Crippen LogP contribution in [-0.4, -0.2) is 43.8 Å². The summed E-state index contributed by atoms with van der Waals surface area (Å²) in [6.07, 6.45) is -4.89. The van der Waals surface area contributed by atoms with E-state index in [0.717, 1.165) is 17.0 Å². The molecule has 2 amide bonds. The van der Waals surface area contributed by atoms with Crippen LogP contribution in [0.5, 0.6) is 0 Å². The molecule has 3 aromatic rings. The molecule has 0 heterocycles. The average molecular weight is 631 g/mol. The van der Waals surface area contributed by atoms with Crippen molar-refractivity contribution in [2.75, 3.05) is 10.8 Å². The Morgan fingerprint density at radius 1 is 0.927 bits per heavy atom. The van der Waals surface area contributed by atoms with Gasteiger partial charge >= 0.3 is 6.18 Å². The molecule has 0 saturated carbocycles. The zero-order valence-electron chi connectivity index (χ0n) is 22.3. The quantitative estimate of drug-likeness (QED) is 0.291. The number of amides is 2. The van der Waals surface area contributed by atoms with Crippen LogP contribution in [0.3, 0.4) is 0 Å². The van der Waals surface area contributed by atoms with E-state index < -0.39 is 56.9 Å². The molecule has 1 N–H and O–H groups in total. The van der Waals surface area contributed by atoms with Gasteiger partial charge in [0, 0.05) is 17.6 Å². The van der Waals surface area contributed by atoms with E-state index in [1.807, 2.05) is 0 Å². The van der Waals surface area contributed by atoms with Gasteiger partial charge in [-0.2, -0.15) is 13.2 Å². The average Bonchev–Trinajstić information content (AvgIpc) is 2.89. The number of hydrogen-bond acceptors (Lipinski definition) is 4. The smallest absolute Gasteiger partial charge is 0.352 e. The van der Waals surface area contributed by atoms with Crippen LogP contribution in [0.15, 0.2) is 77.7 Å². The number of carbonyl (C=O) groups is 2. The van der Waals surface area contributed by atoms with Gasteiger partial charge in [-0.25, -0.2) is 8.42 Å². The number of alkyl halides is 3. The van der Waals surface area contributed by atoms with Crippen LogP contribution in [-0.2, 0) is 32.3 Å². The van der Waals surface area contributed by atoms with Crippen LogP contribution >= 0.6 is 23.2 Å². The molecule has 0 saturated heterocycles. The number of rotatable bonds is 10. The second kappa shape index (κ2) is 13.1. The monoisotopic (exact) mass is 629 g/mol. The predicted octanol–water partition coefficient (Wildman–Crippen LogP) is 6.15. The van der Waals surface area contributed by atoms with Crippen molar-refractivity contribution in [2.45, 2.75) is 50.5 Å². The largest absolute Gasteiger partial charge is 0.417 e. The third kappa shape index (κ3) is 8.15. The maximum absolute atomic E-state index is 13.8. The maximum atomic E-state index is 13.8. The van der Waals surface area contributed by atoms with Crippen LogP contribution in [0.1, 0.15) is 31.9 Å². The van der Waals surface area contributed by atoms with E-state index in [2.05, 4.69) is 5.32 Å². The first-order valence-electron chi connectivity index (χ1n) is 12.4. The summed E-state index contributed by atoms with van der Waals surface area (Å²) in [5.41, 5.74) is -1.14. The van der Waals surface area contributed by atoms with Crippen molar-refractivity contribution in [1.82, 2.24) is 10.2 Å². The van der Waals surface area contributed by atoms with E-state index in [-0.39, 0.29) is 17.5 Å². The number of hydrogen-bond donors (Lipinski definition) is 1. The van der Waals surface area contributed by atoms with Crippen molar-refractivity contribution in [3.63, 3.8) is 0 Å². The highest BCUT2D eigenvalue weighted by Gasteiger charge is 2.37. The number of nitrogens with zero attached hydrogens (tertiary/aromatic N) is 2. The molecule has 0 aliphatic heterocycles. The molecule has 0 aromatic heterocycles. The lowest BCUT2D eigenvalue weighted by atomic mass is 10.1. The van der Waals surface area contributed by atoms with E-state index in [0.29, 0.717) is 21.0 Å². The molecule has 3 rings (SSSR count). The standard InChI is InChI=1S/C28H28Cl2F3N3O4S/c1-18(2)34-27(38)19(3)35(16-20-8-7-9-21(29)14-20)26(37)17-36(41(39,40)23-10-5-4-6-11-23)22-12-13-25(30)24(15-22)28(31,32)33/h4-15,18-19H,16-17H2,1-3H3,(H,34,38)/t19-/m1/s1. The van der Waals surface area contributed by atoms with Gasteiger partial charge in [0.15, 0.2) is 0 Å². The summed E-state index contributed by atoms with van der Waals surface area (Å²) in [7, 11) is -4.55. The third-order valence-electron chi connectivity index (χ3n) is 5.99. The van der Waals surface area contributed by atoms with E-state index in [4.69, 9.17) is 23.2 Å². The molecular formula is C28H28Cl2F3N3O4S. The Morgan fingerprint density at radius 3 is 2.17 bits per heavy atom. The fourth-order valence-corrected chi connectivity index (χ4v) is 5.82. The minimum atomic E-state index is -4.89. The Kier molecular flexibility index (Phi) is 10.3. The first kappa shape index (κ1) is 32.2. The molecule has 0 spiro atoms. The summed E-state index contributed by atoms with van der Waals surface area (Å²) in [5.74, 6) is -1.34. The number of carbonyl (C=O) groups excluding carboxylic acids is 2. The van der Waals surface area contributed by atoms with Gasteiger partial charge in [0.2, 0.25) is 11.8 Å². The SMILES string of the molecule is CC(C)NC(=O)[C@@H](C)N(Cc1cccc(Cl)c1)C(=O)CN(c1ccc(Cl)c(C(F)(F)F)c1)S(=O)(=O)c1ccccc1. The molecule has 0 aliphatic rings. The van der Waals surface area contributed by atoms with Crippen molar-refractivity contribution in [3.05, 3.63) is 94.0 Å². The molecule has 1 atom stereocenters. The molecule has 0 fully saturated rings. The van der Waals surface area contributed by atoms with Crippen LogP contribution in [0.4, 0.5) is 18.9 Å². The van der Waals surface area contributed by atoms with Gasteiger partial charge in [0.05, 0.1) is 21.2 Å². The normalized spacial score (nSPS) is 12.6. The summed E-state index contributed by atoms with van der Waals surface area (Å²) in [6.45, 7) is 3.91. The minimum Gasteiger partial charge on any atom is -0.352 e. The van der Waals surface area contributed by atoms with Gasteiger partial charge in [0.25, 0.3) is 10.0 Å². The number of benzene rings is 3. The van der Waals surface area contributed by atoms with Gasteiger partial charge in [-0.1, -0.05) is 53.5 Å². The molecule has 0 unspecified atom stereocenters. The highest BCUT2D eigenvalue weighted by Crippen LogP contribution is 2.38. The molecule has 13 heteroatoms. The second-order valence-corrected chi connectivity index (χ2v) is 12.2. The molecule has 7 nitrogen and oxygen atoms in total. The summed E-state index contributed by atoms with van der Waals surface area (Å²) < 4.78 is 69.1. The summed E-state index contributed by atoms with van der Waals surface area (Å²) in [4.78, 5) is 27.7. The second-order valence-electron chi connectivity index (χ2n) is 9.48. The zero-order valence-corrected chi connectivity index (χ0v) is 24.7. The Labute approximate surface area is 246 Å². The van der Waals surface area contributed by atoms with E-state index in [9.17, 15) is 31.2 Å². The summed E-state index contributed by atoms with van der Waals surface area (Å²) >= 11 is 11.9. The lowest BCUT2D eigenvalue weighted by molar-refractivity contribution is -0.139. The topological polar surface area (TPSA) is 86.8 Å². The van der Waals surface area contributed by atoms with Crippen LogP contribution in [0, 0.1) is 0 Å². The van der Waals surface area contributed by atoms with Gasteiger partial charge in [-0.05, 0) is 68.8 Å². The predicted molar refractivity (Wildman–Crippen MR) is 152 cm³/mol. The van der Waals surface area contributed by atoms with Gasteiger partial charge in [-0.15, -0.1) is 0 Å². The molecule has 0 aliphatic carbocycles. The zero-order chi connectivity index (χ0) is 30.5. The van der Waals surface area contributed by atoms with Gasteiger partial charge in [0.1, 0.15) is 12.6 Å². The van der Waals surface area contributed by atoms with E-state index in [1.165, 1.54) is 31.2 Å². The van der Waals surface area contributed by atoms with Crippen molar-refractivity contribution < 1.29 is 31.2 Å². The molecular weight excluding hydrogens is 602 g/mol. The van der Waals surface area contributed by atoms with Crippen molar-refractivity contribution in [1.29, 1.82) is 0 Å². The summed E-state index contributed by atoms with van der Waals surface area (Å²) in [5, 5.41) is 2.46. The minimum absolute atomic E-state index is 0.125. The van der Waals surface area contributed by atoms with Crippen molar-refractivity contribution >= 4 is 50.7 Å². The third-order valence-corrected chi connectivity index (χ3v) is 8.35. The Hall–Kier alpha value is -3.28. The van der Waals surface area contributed by atoms with E-state index >= 15 is 0 Å². The highest BCUT2D eigenvalue weighted by molar-refractivity contribution is 7.92. The lowest BCUT2D eigenvalue weighted by Crippen LogP contribution is -2.52. The first-order chi connectivity index (χ1) is 19.1. The number of halogens is 5. The lowest BCUT2D eigenvalue weighted by Gasteiger charge is -2.32. The highest BCUT2D eigenvalue weighted by atomic mass is 35.5. The van der Waals surface area contributed by atoms with Crippen LogP contribution in [0.25, 0.3) is 0 Å². The fraction of sp³-hybridized carbons (Fsp3) is 0.286. The van der Waals surface area contributed by atoms with Crippen LogP contribution < -0.4 is 9.62 Å². The Balaban J connectivity index is 2.11. The van der Waals surface area contributed by atoms with Crippen LogP contribution in [0.2, 0.25) is 10.0 Å². The molecule has 0 radical (unpaired) electrons. The maximum Gasteiger partial charge on any atom is 0.417 e. The molecule has 0 bridgehead atoms. The fourth-order valence-electron chi connectivity index (χ4n) is 3.95. The molecule has 3 aromatic carbocycles. The summed E-state index contributed by atoms with van der Waals surface area (Å²) in [6, 6.07) is 14.8. The number of nitrogens with one attached hydrogen (secondary N) is 1. The number of anilines is 1.